The fourth-order valence-electron chi connectivity index (χ4n) is 0.250. The Hall–Kier alpha value is 0.636. The van der Waals surface area contributed by atoms with Crippen molar-refractivity contribution in [2.45, 2.75) is 16.4 Å². The maximum atomic E-state index is 1.69. The fourth-order valence-corrected chi connectivity index (χ4v) is 1.30. The van der Waals surface area contributed by atoms with E-state index in [9.17, 15) is 0 Å². The summed E-state index contributed by atoms with van der Waals surface area (Å²) < 4.78 is 0. The topological polar surface area (TPSA) is 0 Å². The molecule has 1 rings (SSSR count). The third kappa shape index (κ3) is 0.328. The molecule has 1 heterocycles. The van der Waals surface area contributed by atoms with Crippen molar-refractivity contribution in [3.05, 3.63) is 0 Å². The predicted molar refractivity (Wildman–Crippen MR) is 21.4 cm³/mol. The van der Waals surface area contributed by atoms with Gasteiger partial charge < -0.3 is 0 Å². The van der Waals surface area contributed by atoms with Crippen LogP contribution in [0, 0.1) is 0 Å². The van der Waals surface area contributed by atoms with Gasteiger partial charge in [-0.15, -0.1) is 0 Å². The van der Waals surface area contributed by atoms with Gasteiger partial charge in [0.25, 0.3) is 0 Å². The zero-order valence-electron chi connectivity index (χ0n) is 2.83. The van der Waals surface area contributed by atoms with Crippen molar-refractivity contribution in [3.63, 3.8) is 0 Å². The van der Waals surface area contributed by atoms with E-state index in [2.05, 4.69) is 0 Å². The second kappa shape index (κ2) is 1.18. The first-order valence-corrected chi connectivity index (χ1v) is 6.20. The second-order valence-corrected chi connectivity index (χ2v) is 5.86. The van der Waals surface area contributed by atoms with Crippen LogP contribution in [0.15, 0.2) is 0 Å². The quantitative estimate of drug-likeness (QED) is 0.404. The van der Waals surface area contributed by atoms with Crippen LogP contribution >= 0.6 is 0 Å². The van der Waals surface area contributed by atoms with E-state index < -0.39 is 0 Å². The van der Waals surface area contributed by atoms with E-state index in [1.165, 1.54) is 0 Å². The molecule has 1 saturated heterocycles. The summed E-state index contributed by atoms with van der Waals surface area (Å²) in [4.78, 5) is 3.38. The molecule has 0 amide bonds. The van der Waals surface area contributed by atoms with Crippen LogP contribution < -0.4 is 0 Å². The molecule has 0 spiro atoms. The molecule has 0 unspecified atom stereocenters. The molecule has 0 aromatic heterocycles. The average Bonchev–Trinajstić information content (AvgIpc) is 0.722. The van der Waals surface area contributed by atoms with Gasteiger partial charge in [0, 0.05) is 0 Å². The molecule has 0 aliphatic carbocycles. The fraction of sp³-hybridized carbons (Fsp3) is 1.00. The molecule has 0 N–H and O–H groups in total. The van der Waals surface area contributed by atoms with Gasteiger partial charge in [0.05, 0.1) is 0 Å². The van der Waals surface area contributed by atoms with Crippen molar-refractivity contribution in [2.75, 3.05) is 0 Å². The number of hydrogen-bond acceptors (Lipinski definition) is 0. The Morgan fingerprint density at radius 1 is 1.25 bits per heavy atom. The average molecular weight is 113 g/mol. The molecule has 0 atom stereocenters. The third-order valence-corrected chi connectivity index (χ3v) is 5.20. The van der Waals surface area contributed by atoms with E-state index in [0.717, 1.165) is 0 Å². The first-order valence-electron chi connectivity index (χ1n) is 2.00. The van der Waals surface area contributed by atoms with E-state index in [1.807, 2.05) is 0 Å². The van der Waals surface area contributed by atoms with Crippen LogP contribution in [0.4, 0.5) is 0 Å². The molecule has 1 aliphatic heterocycles. The summed E-state index contributed by atoms with van der Waals surface area (Å²) in [6, 6.07) is 0. The molecule has 0 aromatic carbocycles. The molecule has 0 aromatic rings. The molecule has 0 radical (unpaired) electrons. The van der Waals surface area contributed by atoms with Crippen LogP contribution in [-0.2, 0) is 0 Å². The van der Waals surface area contributed by atoms with Gasteiger partial charge in [0.15, 0.2) is 0 Å². The summed E-state index contributed by atoms with van der Waals surface area (Å²) in [7, 11) is 0. The standard InChI is InChI=1S/C3H6.Ga.H/c1-3-2;;/h1-3H2;;. The zero-order valence-corrected chi connectivity index (χ0v) is 5.80. The van der Waals surface area contributed by atoms with Gasteiger partial charge in [-0.25, -0.2) is 0 Å². The maximum absolute atomic E-state index is 1.69. The summed E-state index contributed by atoms with van der Waals surface area (Å²) in [6.07, 6.45) is 1.58. The molecular weight excluding hydrogens is 106 g/mol. The minimum absolute atomic E-state index is 0.292. The van der Waals surface area contributed by atoms with E-state index in [4.69, 9.17) is 0 Å². The molecule has 4 heavy (non-hydrogen) atoms. The SMILES string of the molecule is C1[CH2][GaH][CH2]1. The van der Waals surface area contributed by atoms with E-state index >= 15 is 0 Å². The summed E-state index contributed by atoms with van der Waals surface area (Å²) in [5.41, 5.74) is 0. The van der Waals surface area contributed by atoms with Gasteiger partial charge in [0.1, 0.15) is 0 Å². The van der Waals surface area contributed by atoms with Crippen molar-refractivity contribution in [1.82, 2.24) is 0 Å². The second-order valence-electron chi connectivity index (χ2n) is 1.41. The number of hydrogen-bond donors (Lipinski definition) is 0. The molecule has 0 bridgehead atoms. The Morgan fingerprint density at radius 3 is 1.50 bits per heavy atom. The van der Waals surface area contributed by atoms with E-state index in [-0.39, 0.29) is 0 Å². The van der Waals surface area contributed by atoms with Gasteiger partial charge >= 0.3 is 33.8 Å². The van der Waals surface area contributed by atoms with Gasteiger partial charge in [0.2, 0.25) is 0 Å². The van der Waals surface area contributed by atoms with Crippen LogP contribution in [0.25, 0.3) is 0 Å². The first-order chi connectivity index (χ1) is 2.00. The van der Waals surface area contributed by atoms with E-state index in [0.29, 0.717) is 17.4 Å². The van der Waals surface area contributed by atoms with Gasteiger partial charge in [-0.2, -0.15) is 0 Å². The van der Waals surface area contributed by atoms with Crippen molar-refractivity contribution in [3.8, 4) is 0 Å². The van der Waals surface area contributed by atoms with Crippen molar-refractivity contribution >= 4 is 17.4 Å². The monoisotopic (exact) mass is 112 g/mol. The Bertz CT molecular complexity index is 11.2. The summed E-state index contributed by atoms with van der Waals surface area (Å²) >= 11 is 0.292. The van der Waals surface area contributed by atoms with Gasteiger partial charge in [-0.1, -0.05) is 0 Å². The van der Waals surface area contributed by atoms with Crippen LogP contribution in [-0.4, -0.2) is 17.4 Å². The molecule has 1 aliphatic rings. The summed E-state index contributed by atoms with van der Waals surface area (Å²) in [5.74, 6) is 0. The van der Waals surface area contributed by atoms with Crippen LogP contribution in [0.2, 0.25) is 9.95 Å². The Morgan fingerprint density at radius 2 is 1.50 bits per heavy atom. The Kier molecular flexibility index (Phi) is 0.838. The molecule has 0 nitrogen and oxygen atoms in total. The van der Waals surface area contributed by atoms with E-state index in [1.54, 1.807) is 16.4 Å². The van der Waals surface area contributed by atoms with Crippen molar-refractivity contribution in [1.29, 1.82) is 0 Å². The van der Waals surface area contributed by atoms with Crippen LogP contribution in [0.5, 0.6) is 0 Å². The van der Waals surface area contributed by atoms with Gasteiger partial charge in [-0.05, 0) is 0 Å². The minimum atomic E-state index is 0.292. The predicted octanol–water partition coefficient (Wildman–Crippen LogP) is 0.663. The Labute approximate surface area is 34.4 Å². The summed E-state index contributed by atoms with van der Waals surface area (Å²) in [5, 5.41) is 0. The van der Waals surface area contributed by atoms with Crippen molar-refractivity contribution < 1.29 is 0 Å². The number of rotatable bonds is 0. The Balaban J connectivity index is 2.00. The van der Waals surface area contributed by atoms with Crippen LogP contribution in [0.1, 0.15) is 6.42 Å². The molecular formula is C3H7Ga. The molecule has 0 saturated carbocycles. The van der Waals surface area contributed by atoms with Gasteiger partial charge in [-0.3, -0.25) is 0 Å². The zero-order chi connectivity index (χ0) is 2.83. The first kappa shape index (κ1) is 2.85. The molecule has 1 heteroatoms. The normalized spacial score (nSPS) is 22.0. The molecule has 22 valence electrons. The third-order valence-electron chi connectivity index (χ3n) is 1.000. The van der Waals surface area contributed by atoms with Crippen molar-refractivity contribution in [2.24, 2.45) is 0 Å². The van der Waals surface area contributed by atoms with Crippen LogP contribution in [0.3, 0.4) is 0 Å². The summed E-state index contributed by atoms with van der Waals surface area (Å²) in [6.45, 7) is 0. The molecule has 1 fully saturated rings.